The lowest BCUT2D eigenvalue weighted by Gasteiger charge is -2.04. The zero-order valence-corrected chi connectivity index (χ0v) is 12.6. The predicted molar refractivity (Wildman–Crippen MR) is 81.7 cm³/mol. The molecule has 1 aromatic heterocycles. The van der Waals surface area contributed by atoms with Crippen molar-refractivity contribution in [2.75, 3.05) is 18.6 Å². The highest BCUT2D eigenvalue weighted by Crippen LogP contribution is 2.30. The summed E-state index contributed by atoms with van der Waals surface area (Å²) in [5.41, 5.74) is 0.778. The van der Waals surface area contributed by atoms with Gasteiger partial charge in [0.05, 0.1) is 0 Å². The Morgan fingerprint density at radius 1 is 1.20 bits per heavy atom. The lowest BCUT2D eigenvalue weighted by molar-refractivity contribution is 0.0959. The van der Waals surface area contributed by atoms with Crippen LogP contribution in [0.3, 0.4) is 0 Å². The third kappa shape index (κ3) is 3.17. The topological polar surface area (TPSA) is 71.1 Å². The summed E-state index contributed by atoms with van der Waals surface area (Å²) >= 11 is 2.72. The van der Waals surface area contributed by atoms with Crippen LogP contribution >= 0.6 is 23.1 Å². The van der Waals surface area contributed by atoms with Gasteiger partial charge in [0, 0.05) is 12.6 Å². The van der Waals surface area contributed by atoms with Gasteiger partial charge in [-0.15, -0.1) is 0 Å². The van der Waals surface area contributed by atoms with Crippen LogP contribution in [0.4, 0.5) is 5.00 Å². The van der Waals surface area contributed by atoms with Crippen molar-refractivity contribution in [3.63, 3.8) is 0 Å². The predicted octanol–water partition coefficient (Wildman–Crippen LogP) is 2.48. The molecular formula is C13H13N3O2S2. The van der Waals surface area contributed by atoms with Gasteiger partial charge < -0.3 is 10.6 Å². The Morgan fingerprint density at radius 3 is 2.50 bits per heavy atom. The first kappa shape index (κ1) is 14.5. The molecule has 104 valence electrons. The van der Waals surface area contributed by atoms with E-state index in [0.717, 1.165) is 4.34 Å². The van der Waals surface area contributed by atoms with Crippen molar-refractivity contribution < 1.29 is 9.59 Å². The van der Waals surface area contributed by atoms with Gasteiger partial charge in [0.1, 0.15) is 5.00 Å². The molecule has 0 saturated heterocycles. The van der Waals surface area contributed by atoms with Gasteiger partial charge in [-0.3, -0.25) is 9.59 Å². The molecule has 1 aromatic carbocycles. The van der Waals surface area contributed by atoms with Crippen molar-refractivity contribution in [3.05, 3.63) is 41.6 Å². The average Bonchev–Trinajstić information content (AvgIpc) is 2.90. The number of carbonyl (C=O) groups is 2. The highest BCUT2D eigenvalue weighted by atomic mass is 32.2. The normalized spacial score (nSPS) is 10.1. The lowest BCUT2D eigenvalue weighted by Crippen LogP contribution is -2.21. The fraction of sp³-hybridized carbons (Fsp3) is 0.154. The zero-order chi connectivity index (χ0) is 14.5. The van der Waals surface area contributed by atoms with Crippen LogP contribution in [0, 0.1) is 0 Å². The minimum Gasteiger partial charge on any atom is -0.354 e. The molecule has 0 unspecified atom stereocenters. The van der Waals surface area contributed by atoms with E-state index in [0.29, 0.717) is 10.6 Å². The van der Waals surface area contributed by atoms with Crippen molar-refractivity contribution in [1.29, 1.82) is 0 Å². The first-order chi connectivity index (χ1) is 9.65. The summed E-state index contributed by atoms with van der Waals surface area (Å²) in [6, 6.07) is 8.84. The molecule has 0 aliphatic heterocycles. The van der Waals surface area contributed by atoms with E-state index < -0.39 is 0 Å². The van der Waals surface area contributed by atoms with Crippen LogP contribution in [0.15, 0.2) is 34.7 Å². The molecule has 7 heteroatoms. The van der Waals surface area contributed by atoms with Gasteiger partial charge >= 0.3 is 0 Å². The molecule has 0 saturated carbocycles. The lowest BCUT2D eigenvalue weighted by atomic mass is 10.2. The number of rotatable bonds is 4. The second kappa shape index (κ2) is 6.53. The van der Waals surface area contributed by atoms with Crippen LogP contribution in [-0.2, 0) is 0 Å². The fourth-order valence-corrected chi connectivity index (χ4v) is 2.97. The largest absolute Gasteiger partial charge is 0.354 e. The van der Waals surface area contributed by atoms with Gasteiger partial charge in [-0.25, -0.2) is 4.98 Å². The van der Waals surface area contributed by atoms with E-state index >= 15 is 0 Å². The number of carbonyl (C=O) groups excluding carboxylic acids is 2. The summed E-state index contributed by atoms with van der Waals surface area (Å²) < 4.78 is 0.729. The quantitative estimate of drug-likeness (QED) is 0.851. The molecule has 2 N–H and O–H groups in total. The second-order valence-corrected chi connectivity index (χ2v) is 5.81. The molecule has 2 amide bonds. The van der Waals surface area contributed by atoms with Gasteiger partial charge in [-0.05, 0) is 18.4 Å². The molecule has 1 heterocycles. The SMILES string of the molecule is CNC(=O)c1nc(SC)sc1NC(=O)c1ccccc1. The number of benzene rings is 1. The number of anilines is 1. The summed E-state index contributed by atoms with van der Waals surface area (Å²) in [4.78, 5) is 28.1. The van der Waals surface area contributed by atoms with Crippen LogP contribution in [0.1, 0.15) is 20.8 Å². The molecule has 20 heavy (non-hydrogen) atoms. The molecule has 0 aliphatic carbocycles. The van der Waals surface area contributed by atoms with E-state index in [1.54, 1.807) is 24.3 Å². The van der Waals surface area contributed by atoms with Crippen LogP contribution in [0.25, 0.3) is 0 Å². The van der Waals surface area contributed by atoms with Gasteiger partial charge in [-0.2, -0.15) is 0 Å². The van der Waals surface area contributed by atoms with E-state index in [1.807, 2.05) is 12.3 Å². The minimum absolute atomic E-state index is 0.242. The smallest absolute Gasteiger partial charge is 0.272 e. The number of hydrogen-bond donors (Lipinski definition) is 2. The Morgan fingerprint density at radius 2 is 1.90 bits per heavy atom. The number of thioether (sulfide) groups is 1. The number of nitrogens with zero attached hydrogens (tertiary/aromatic N) is 1. The summed E-state index contributed by atoms with van der Waals surface area (Å²) in [6.45, 7) is 0. The monoisotopic (exact) mass is 307 g/mol. The average molecular weight is 307 g/mol. The Balaban J connectivity index is 2.26. The van der Waals surface area contributed by atoms with Gasteiger partial charge in [0.15, 0.2) is 10.0 Å². The molecule has 0 aliphatic rings. The maximum absolute atomic E-state index is 12.1. The maximum Gasteiger partial charge on any atom is 0.272 e. The van der Waals surface area contributed by atoms with Crippen molar-refractivity contribution in [1.82, 2.24) is 10.3 Å². The Labute approximate surface area is 124 Å². The van der Waals surface area contributed by atoms with Crippen molar-refractivity contribution in [3.8, 4) is 0 Å². The van der Waals surface area contributed by atoms with Crippen LogP contribution in [0.2, 0.25) is 0 Å². The van der Waals surface area contributed by atoms with E-state index in [4.69, 9.17) is 0 Å². The van der Waals surface area contributed by atoms with E-state index in [-0.39, 0.29) is 17.5 Å². The fourth-order valence-electron chi connectivity index (χ4n) is 1.51. The van der Waals surface area contributed by atoms with Crippen molar-refractivity contribution in [2.45, 2.75) is 4.34 Å². The molecule has 5 nitrogen and oxygen atoms in total. The summed E-state index contributed by atoms with van der Waals surface area (Å²) in [5, 5.41) is 5.72. The highest BCUT2D eigenvalue weighted by Gasteiger charge is 2.19. The van der Waals surface area contributed by atoms with Gasteiger partial charge in [0.25, 0.3) is 11.8 Å². The van der Waals surface area contributed by atoms with Crippen LogP contribution in [0.5, 0.6) is 0 Å². The van der Waals surface area contributed by atoms with E-state index in [9.17, 15) is 9.59 Å². The van der Waals surface area contributed by atoms with Gasteiger partial charge in [-0.1, -0.05) is 41.3 Å². The van der Waals surface area contributed by atoms with Crippen molar-refractivity contribution >= 4 is 39.9 Å². The van der Waals surface area contributed by atoms with Crippen LogP contribution in [-0.4, -0.2) is 30.1 Å². The highest BCUT2D eigenvalue weighted by molar-refractivity contribution is 8.00. The number of amides is 2. The molecule has 0 atom stereocenters. The van der Waals surface area contributed by atoms with E-state index in [1.165, 1.54) is 30.1 Å². The maximum atomic E-state index is 12.1. The Hall–Kier alpha value is -1.86. The molecule has 0 radical (unpaired) electrons. The second-order valence-electron chi connectivity index (χ2n) is 3.76. The van der Waals surface area contributed by atoms with Crippen LogP contribution < -0.4 is 10.6 Å². The van der Waals surface area contributed by atoms with E-state index in [2.05, 4.69) is 15.6 Å². The summed E-state index contributed by atoms with van der Waals surface area (Å²) in [5.74, 6) is -0.572. The first-order valence-electron chi connectivity index (χ1n) is 5.79. The number of thiazole rings is 1. The molecular weight excluding hydrogens is 294 g/mol. The summed E-state index contributed by atoms with van der Waals surface area (Å²) in [6.07, 6.45) is 1.87. The number of hydrogen-bond acceptors (Lipinski definition) is 5. The molecule has 0 bridgehead atoms. The molecule has 0 spiro atoms. The standard InChI is InChI=1S/C13H13N3O2S2/c1-14-11(18)9-12(20-13(15-9)19-2)16-10(17)8-6-4-3-5-7-8/h3-7H,1-2H3,(H,14,18)(H,16,17). The number of nitrogens with one attached hydrogen (secondary N) is 2. The third-order valence-electron chi connectivity index (χ3n) is 2.49. The summed E-state index contributed by atoms with van der Waals surface area (Å²) in [7, 11) is 1.53. The van der Waals surface area contributed by atoms with Crippen molar-refractivity contribution in [2.24, 2.45) is 0 Å². The van der Waals surface area contributed by atoms with Gasteiger partial charge in [0.2, 0.25) is 0 Å². The Bertz CT molecular complexity index is 626. The minimum atomic E-state index is -0.315. The third-order valence-corrected chi connectivity index (χ3v) is 4.44. The zero-order valence-electron chi connectivity index (χ0n) is 11.0. The molecule has 2 rings (SSSR count). The number of aromatic nitrogens is 1. The Kier molecular flexibility index (Phi) is 4.75. The molecule has 2 aromatic rings. The molecule has 0 fully saturated rings. The first-order valence-corrected chi connectivity index (χ1v) is 7.83.